The number of sulfonamides is 1. The lowest BCUT2D eigenvalue weighted by molar-refractivity contribution is -0.117. The number of aromatic hydroxyl groups is 1. The third-order valence-electron chi connectivity index (χ3n) is 5.68. The minimum Gasteiger partial charge on any atom is -0.506 e. The predicted octanol–water partition coefficient (Wildman–Crippen LogP) is 1.59. The number of hydrogen-bond donors (Lipinski definition) is 4. The molecule has 0 radical (unpaired) electrons. The van der Waals surface area contributed by atoms with Gasteiger partial charge in [0.1, 0.15) is 21.2 Å². The lowest BCUT2D eigenvalue weighted by atomic mass is 10.1. The molecule has 2 aromatic carbocycles. The second kappa shape index (κ2) is 9.19. The van der Waals surface area contributed by atoms with Crippen molar-refractivity contribution >= 4 is 54.9 Å². The van der Waals surface area contributed by atoms with Crippen molar-refractivity contribution in [3.05, 3.63) is 87.0 Å². The van der Waals surface area contributed by atoms with Crippen LogP contribution in [0.2, 0.25) is 0 Å². The molecule has 0 aliphatic carbocycles. The first-order valence-electron chi connectivity index (χ1n) is 10.9. The number of amides is 2. The maximum absolute atomic E-state index is 13.7. The quantitative estimate of drug-likeness (QED) is 0.289. The van der Waals surface area contributed by atoms with Crippen molar-refractivity contribution in [1.82, 2.24) is 9.88 Å². The zero-order valence-corrected chi connectivity index (χ0v) is 20.6. The van der Waals surface area contributed by atoms with E-state index in [2.05, 4.69) is 15.0 Å². The van der Waals surface area contributed by atoms with Gasteiger partial charge in [0, 0.05) is 10.8 Å². The van der Waals surface area contributed by atoms with Gasteiger partial charge in [0.25, 0.3) is 21.5 Å². The van der Waals surface area contributed by atoms with Crippen molar-refractivity contribution in [2.45, 2.75) is 11.4 Å². The van der Waals surface area contributed by atoms with Gasteiger partial charge in [-0.3, -0.25) is 14.4 Å². The predicted molar refractivity (Wildman–Crippen MR) is 139 cm³/mol. The highest BCUT2D eigenvalue weighted by molar-refractivity contribution is 7.90. The second-order valence-corrected chi connectivity index (χ2v) is 10.5. The molecular weight excluding hydrogens is 518 g/mol. The van der Waals surface area contributed by atoms with E-state index in [0.717, 1.165) is 16.9 Å². The normalized spacial score (nSPS) is 13.9. The number of rotatable bonds is 6. The molecule has 5 rings (SSSR count). The number of pyridine rings is 1. The van der Waals surface area contributed by atoms with Gasteiger partial charge in [0.05, 0.1) is 24.2 Å². The van der Waals surface area contributed by atoms with Gasteiger partial charge in [-0.25, -0.2) is 0 Å². The highest BCUT2D eigenvalue weighted by Gasteiger charge is 2.35. The van der Waals surface area contributed by atoms with E-state index in [4.69, 9.17) is 5.73 Å². The van der Waals surface area contributed by atoms with Gasteiger partial charge in [-0.15, -0.1) is 15.7 Å². The molecule has 0 fully saturated rings. The zero-order chi connectivity index (χ0) is 26.3. The van der Waals surface area contributed by atoms with Crippen molar-refractivity contribution in [2.75, 3.05) is 11.9 Å². The monoisotopic (exact) mass is 537 g/mol. The van der Waals surface area contributed by atoms with Crippen molar-refractivity contribution in [3.63, 3.8) is 0 Å². The summed E-state index contributed by atoms with van der Waals surface area (Å²) in [6.07, 6.45) is 0. The van der Waals surface area contributed by atoms with E-state index < -0.39 is 44.6 Å². The number of benzene rings is 2. The van der Waals surface area contributed by atoms with Crippen molar-refractivity contribution in [1.29, 1.82) is 0 Å². The van der Waals surface area contributed by atoms with Crippen LogP contribution in [-0.4, -0.2) is 42.3 Å². The van der Waals surface area contributed by atoms with Gasteiger partial charge in [-0.1, -0.05) is 42.5 Å². The number of para-hydroxylation sites is 1. The Labute approximate surface area is 213 Å². The molecule has 0 saturated heterocycles. The Balaban J connectivity index is 1.64. The van der Waals surface area contributed by atoms with Gasteiger partial charge < -0.3 is 26.0 Å². The lowest BCUT2D eigenvalue weighted by Gasteiger charge is -2.19. The first kappa shape index (κ1) is 24.2. The van der Waals surface area contributed by atoms with Crippen LogP contribution in [0.1, 0.15) is 21.5 Å². The summed E-state index contributed by atoms with van der Waals surface area (Å²) in [4.78, 5) is 36.7. The Morgan fingerprint density at radius 3 is 2.54 bits per heavy atom. The first-order chi connectivity index (χ1) is 17.7. The number of amidine groups is 1. The van der Waals surface area contributed by atoms with Crippen LogP contribution in [0.4, 0.5) is 5.00 Å². The van der Waals surface area contributed by atoms with Gasteiger partial charge in [-0.05, 0) is 17.7 Å². The minimum atomic E-state index is -4.47. The van der Waals surface area contributed by atoms with Crippen LogP contribution in [0.3, 0.4) is 0 Å². The smallest absolute Gasteiger partial charge is 0.288 e. The SMILES string of the molecule is NC(=O)CNC(=O)c1csc2c1S(=O)(=O)N=C(c1c(O)c3ccccc3n(Cc3ccccc3)c1=O)N2. The fourth-order valence-corrected chi connectivity index (χ4v) is 6.59. The molecular formula is C24H19N5O6S2. The molecule has 188 valence electrons. The van der Waals surface area contributed by atoms with Crippen LogP contribution < -0.4 is 21.9 Å². The summed E-state index contributed by atoms with van der Waals surface area (Å²) in [7, 11) is -4.47. The average molecular weight is 538 g/mol. The molecule has 0 saturated carbocycles. The fraction of sp³-hybridized carbons (Fsp3) is 0.0833. The van der Waals surface area contributed by atoms with Crippen LogP contribution >= 0.6 is 11.3 Å². The molecule has 2 aromatic heterocycles. The number of fused-ring (bicyclic) bond motifs is 2. The molecule has 0 bridgehead atoms. The number of carbonyl (C=O) groups excluding carboxylic acids is 2. The number of hydrogen-bond acceptors (Lipinski definition) is 8. The molecule has 3 heterocycles. The number of aromatic nitrogens is 1. The Morgan fingerprint density at radius 2 is 1.81 bits per heavy atom. The molecule has 5 N–H and O–H groups in total. The van der Waals surface area contributed by atoms with E-state index in [9.17, 15) is 27.9 Å². The number of thiophene rings is 1. The van der Waals surface area contributed by atoms with Crippen LogP contribution in [0.5, 0.6) is 5.75 Å². The van der Waals surface area contributed by atoms with E-state index in [1.807, 2.05) is 30.3 Å². The van der Waals surface area contributed by atoms with E-state index in [0.29, 0.717) is 10.9 Å². The van der Waals surface area contributed by atoms with Crippen molar-refractivity contribution in [2.24, 2.45) is 10.1 Å². The summed E-state index contributed by atoms with van der Waals surface area (Å²) in [6, 6.07) is 15.9. The molecule has 0 unspecified atom stereocenters. The average Bonchev–Trinajstić information content (AvgIpc) is 3.31. The van der Waals surface area contributed by atoms with E-state index in [1.54, 1.807) is 24.3 Å². The number of anilines is 1. The molecule has 1 aliphatic heterocycles. The summed E-state index contributed by atoms with van der Waals surface area (Å²) in [5.41, 5.74) is 5.13. The third kappa shape index (κ3) is 4.34. The van der Waals surface area contributed by atoms with Crippen LogP contribution in [-0.2, 0) is 21.4 Å². The van der Waals surface area contributed by atoms with Crippen LogP contribution in [0.25, 0.3) is 10.9 Å². The number of nitrogens with one attached hydrogen (secondary N) is 2. The molecule has 4 aromatic rings. The Hall–Kier alpha value is -4.49. The molecule has 2 amide bonds. The van der Waals surface area contributed by atoms with E-state index in [1.165, 1.54) is 9.95 Å². The maximum atomic E-state index is 13.7. The van der Waals surface area contributed by atoms with Crippen molar-refractivity contribution < 1.29 is 23.1 Å². The highest BCUT2D eigenvalue weighted by Crippen LogP contribution is 2.38. The summed E-state index contributed by atoms with van der Waals surface area (Å²) in [6.45, 7) is -0.306. The Kier molecular flexibility index (Phi) is 6.01. The molecule has 0 atom stereocenters. The fourth-order valence-electron chi connectivity index (χ4n) is 4.04. The number of carbonyl (C=O) groups is 2. The van der Waals surface area contributed by atoms with Gasteiger partial charge in [-0.2, -0.15) is 8.42 Å². The maximum Gasteiger partial charge on any atom is 0.288 e. The largest absolute Gasteiger partial charge is 0.506 e. The standard InChI is InChI=1S/C24H19N5O6S2/c25-17(30)10-26-22(32)15-12-36-23-20(15)37(34,35)28-21(27-23)18-19(31)14-8-4-5-9-16(14)29(24(18)33)11-13-6-2-1-3-7-13/h1-9,12,31H,10-11H2,(H2,25,30)(H,26,32)(H,27,28). The Morgan fingerprint density at radius 1 is 1.11 bits per heavy atom. The first-order valence-corrected chi connectivity index (χ1v) is 13.2. The summed E-state index contributed by atoms with van der Waals surface area (Å²) < 4.78 is 31.5. The summed E-state index contributed by atoms with van der Waals surface area (Å²) in [5, 5.41) is 17.8. The molecule has 11 nitrogen and oxygen atoms in total. The lowest BCUT2D eigenvalue weighted by Crippen LogP contribution is -2.35. The van der Waals surface area contributed by atoms with Crippen LogP contribution in [0.15, 0.2) is 74.1 Å². The minimum absolute atomic E-state index is 0.0378. The van der Waals surface area contributed by atoms with Gasteiger partial charge in [0.15, 0.2) is 5.84 Å². The zero-order valence-electron chi connectivity index (χ0n) is 19.0. The molecule has 0 spiro atoms. The van der Waals surface area contributed by atoms with Gasteiger partial charge in [0.2, 0.25) is 5.91 Å². The molecule has 13 heteroatoms. The highest BCUT2D eigenvalue weighted by atomic mass is 32.2. The number of primary amides is 1. The van der Waals surface area contributed by atoms with Crippen molar-refractivity contribution in [3.8, 4) is 5.75 Å². The third-order valence-corrected chi connectivity index (χ3v) is 8.07. The molecule has 37 heavy (non-hydrogen) atoms. The molecule has 1 aliphatic rings. The number of nitrogens with zero attached hydrogens (tertiary/aromatic N) is 2. The topological polar surface area (TPSA) is 173 Å². The van der Waals surface area contributed by atoms with E-state index in [-0.39, 0.29) is 28.5 Å². The summed E-state index contributed by atoms with van der Waals surface area (Å²) in [5.74, 6) is -2.41. The van der Waals surface area contributed by atoms with E-state index >= 15 is 0 Å². The Bertz CT molecular complexity index is 1770. The second-order valence-electron chi connectivity index (χ2n) is 8.11. The number of nitrogens with two attached hydrogens (primary N) is 1. The van der Waals surface area contributed by atoms with Gasteiger partial charge >= 0.3 is 0 Å². The van der Waals surface area contributed by atoms with Crippen LogP contribution in [0, 0.1) is 0 Å². The summed E-state index contributed by atoms with van der Waals surface area (Å²) >= 11 is 0.899.